The molecule has 1 saturated heterocycles. The van der Waals surface area contributed by atoms with Gasteiger partial charge in [-0.1, -0.05) is 18.1 Å². The van der Waals surface area contributed by atoms with Crippen LogP contribution < -0.4 is 10.2 Å². The maximum Gasteiger partial charge on any atom is 0.248 e. The third kappa shape index (κ3) is 3.52. The van der Waals surface area contributed by atoms with Gasteiger partial charge in [0.15, 0.2) is 5.82 Å². The smallest absolute Gasteiger partial charge is 0.248 e. The Balaban J connectivity index is 1.70. The van der Waals surface area contributed by atoms with Gasteiger partial charge >= 0.3 is 0 Å². The first-order valence-corrected chi connectivity index (χ1v) is 8.17. The van der Waals surface area contributed by atoms with Crippen LogP contribution in [0.2, 0.25) is 0 Å². The molecule has 1 aromatic heterocycles. The summed E-state index contributed by atoms with van der Waals surface area (Å²) in [5, 5.41) is 7.34. The fourth-order valence-electron chi connectivity index (χ4n) is 2.76. The highest BCUT2D eigenvalue weighted by molar-refractivity contribution is 5.95. The Bertz CT molecular complexity index is 683. The predicted octanol–water partition coefficient (Wildman–Crippen LogP) is 3.32. The molecular weight excluding hydrogens is 292 g/mol. The van der Waals surface area contributed by atoms with Gasteiger partial charge in [0.25, 0.3) is 0 Å². The van der Waals surface area contributed by atoms with Crippen molar-refractivity contribution in [1.29, 1.82) is 0 Å². The zero-order valence-corrected chi connectivity index (χ0v) is 13.6. The minimum atomic E-state index is -0.0855. The standard InChI is InChI=1S/C17H22N4O2/c1-3-6-15-19-17(23-20-15)12(2)18-13-7-4-8-14(11-13)21-10-5-9-16(21)22/h4,7-8,11-12,18H,3,5-6,9-10H2,1-2H3. The average Bonchev–Trinajstić information content (AvgIpc) is 3.17. The van der Waals surface area contributed by atoms with E-state index in [1.807, 2.05) is 36.1 Å². The molecule has 23 heavy (non-hydrogen) atoms. The highest BCUT2D eigenvalue weighted by atomic mass is 16.5. The van der Waals surface area contributed by atoms with E-state index >= 15 is 0 Å². The summed E-state index contributed by atoms with van der Waals surface area (Å²) in [6, 6.07) is 7.79. The number of hydrogen-bond donors (Lipinski definition) is 1. The van der Waals surface area contributed by atoms with Crippen molar-refractivity contribution in [3.05, 3.63) is 36.0 Å². The third-order valence-corrected chi connectivity index (χ3v) is 3.94. The van der Waals surface area contributed by atoms with Crippen molar-refractivity contribution < 1.29 is 9.32 Å². The van der Waals surface area contributed by atoms with Crippen LogP contribution in [0.15, 0.2) is 28.8 Å². The van der Waals surface area contributed by atoms with Crippen molar-refractivity contribution in [2.45, 2.75) is 45.6 Å². The second-order valence-electron chi connectivity index (χ2n) is 5.86. The monoisotopic (exact) mass is 314 g/mol. The summed E-state index contributed by atoms with van der Waals surface area (Å²) in [7, 11) is 0. The van der Waals surface area contributed by atoms with Gasteiger partial charge in [-0.05, 0) is 38.0 Å². The molecule has 0 bridgehead atoms. The van der Waals surface area contributed by atoms with Crippen LogP contribution in [0.5, 0.6) is 0 Å². The van der Waals surface area contributed by atoms with E-state index in [4.69, 9.17) is 4.52 Å². The molecule has 6 heteroatoms. The van der Waals surface area contributed by atoms with Crippen molar-refractivity contribution in [2.24, 2.45) is 0 Å². The summed E-state index contributed by atoms with van der Waals surface area (Å²) in [5.74, 6) is 1.51. The quantitative estimate of drug-likeness (QED) is 0.885. The number of carbonyl (C=O) groups is 1. The number of hydrogen-bond acceptors (Lipinski definition) is 5. The highest BCUT2D eigenvalue weighted by Crippen LogP contribution is 2.26. The fourth-order valence-corrected chi connectivity index (χ4v) is 2.76. The molecule has 0 saturated carbocycles. The molecule has 1 unspecified atom stereocenters. The van der Waals surface area contributed by atoms with Crippen LogP contribution in [0.1, 0.15) is 50.9 Å². The molecular formula is C17H22N4O2. The largest absolute Gasteiger partial charge is 0.374 e. The number of nitrogens with zero attached hydrogens (tertiary/aromatic N) is 3. The minimum Gasteiger partial charge on any atom is -0.374 e. The van der Waals surface area contributed by atoms with Crippen molar-refractivity contribution >= 4 is 17.3 Å². The lowest BCUT2D eigenvalue weighted by Crippen LogP contribution is -2.23. The minimum absolute atomic E-state index is 0.0855. The molecule has 0 radical (unpaired) electrons. The SMILES string of the molecule is CCCc1noc(C(C)Nc2cccc(N3CCCC3=O)c2)n1. The Morgan fingerprint density at radius 2 is 2.30 bits per heavy atom. The predicted molar refractivity (Wildman–Crippen MR) is 88.4 cm³/mol. The lowest BCUT2D eigenvalue weighted by molar-refractivity contribution is -0.117. The van der Waals surface area contributed by atoms with Gasteiger partial charge in [0, 0.05) is 30.8 Å². The van der Waals surface area contributed by atoms with Crippen LogP contribution in [-0.4, -0.2) is 22.6 Å². The maximum atomic E-state index is 11.9. The van der Waals surface area contributed by atoms with Gasteiger partial charge in [-0.15, -0.1) is 0 Å². The van der Waals surface area contributed by atoms with Gasteiger partial charge in [0.1, 0.15) is 6.04 Å². The van der Waals surface area contributed by atoms with Crippen LogP contribution in [0.25, 0.3) is 0 Å². The van der Waals surface area contributed by atoms with Crippen molar-refractivity contribution in [3.63, 3.8) is 0 Å². The second kappa shape index (κ2) is 6.81. The summed E-state index contributed by atoms with van der Waals surface area (Å²) in [4.78, 5) is 18.1. The summed E-state index contributed by atoms with van der Waals surface area (Å²) in [6.45, 7) is 4.86. The third-order valence-electron chi connectivity index (χ3n) is 3.94. The lowest BCUT2D eigenvalue weighted by atomic mass is 10.2. The molecule has 3 rings (SSSR count). The second-order valence-corrected chi connectivity index (χ2v) is 5.86. The summed E-state index contributed by atoms with van der Waals surface area (Å²) < 4.78 is 5.31. The number of rotatable bonds is 6. The molecule has 2 aromatic rings. The van der Waals surface area contributed by atoms with Gasteiger partial charge in [-0.3, -0.25) is 4.79 Å². The Morgan fingerprint density at radius 3 is 3.04 bits per heavy atom. The molecule has 0 aliphatic carbocycles. The molecule has 122 valence electrons. The molecule has 1 atom stereocenters. The molecule has 1 aromatic carbocycles. The lowest BCUT2D eigenvalue weighted by Gasteiger charge is -2.18. The number of benzene rings is 1. The molecule has 1 aliphatic rings. The van der Waals surface area contributed by atoms with E-state index < -0.39 is 0 Å². The van der Waals surface area contributed by atoms with Gasteiger partial charge in [0.05, 0.1) is 0 Å². The average molecular weight is 314 g/mol. The van der Waals surface area contributed by atoms with E-state index in [0.29, 0.717) is 12.3 Å². The molecule has 2 heterocycles. The van der Waals surface area contributed by atoms with E-state index in [0.717, 1.165) is 43.0 Å². The van der Waals surface area contributed by atoms with E-state index in [1.165, 1.54) is 0 Å². The number of anilines is 2. The molecule has 1 amide bonds. The topological polar surface area (TPSA) is 71.3 Å². The van der Waals surface area contributed by atoms with Crippen LogP contribution in [0, 0.1) is 0 Å². The van der Waals surface area contributed by atoms with E-state index in [1.54, 1.807) is 0 Å². The maximum absolute atomic E-state index is 11.9. The zero-order chi connectivity index (χ0) is 16.2. The van der Waals surface area contributed by atoms with Crippen molar-refractivity contribution in [1.82, 2.24) is 10.1 Å². The molecule has 0 spiro atoms. The van der Waals surface area contributed by atoms with Crippen molar-refractivity contribution in [2.75, 3.05) is 16.8 Å². The van der Waals surface area contributed by atoms with Crippen LogP contribution in [0.4, 0.5) is 11.4 Å². The molecule has 1 aliphatic heterocycles. The number of aryl methyl sites for hydroxylation is 1. The normalized spacial score (nSPS) is 15.9. The number of carbonyl (C=O) groups excluding carboxylic acids is 1. The summed E-state index contributed by atoms with van der Waals surface area (Å²) >= 11 is 0. The number of nitrogens with one attached hydrogen (secondary N) is 1. The van der Waals surface area contributed by atoms with Crippen LogP contribution in [-0.2, 0) is 11.2 Å². The van der Waals surface area contributed by atoms with E-state index in [-0.39, 0.29) is 11.9 Å². The first-order chi connectivity index (χ1) is 11.2. The van der Waals surface area contributed by atoms with E-state index in [2.05, 4.69) is 22.4 Å². The Hall–Kier alpha value is -2.37. The highest BCUT2D eigenvalue weighted by Gasteiger charge is 2.22. The van der Waals surface area contributed by atoms with Crippen LogP contribution in [0.3, 0.4) is 0 Å². The first-order valence-electron chi connectivity index (χ1n) is 8.17. The Labute approximate surface area is 135 Å². The van der Waals surface area contributed by atoms with Crippen LogP contribution >= 0.6 is 0 Å². The Morgan fingerprint density at radius 1 is 1.43 bits per heavy atom. The van der Waals surface area contributed by atoms with Gasteiger partial charge in [-0.25, -0.2) is 0 Å². The van der Waals surface area contributed by atoms with Crippen molar-refractivity contribution in [3.8, 4) is 0 Å². The number of amides is 1. The molecule has 1 fully saturated rings. The Kier molecular flexibility index (Phi) is 4.60. The first kappa shape index (κ1) is 15.5. The van der Waals surface area contributed by atoms with Gasteiger partial charge < -0.3 is 14.7 Å². The fraction of sp³-hybridized carbons (Fsp3) is 0.471. The molecule has 6 nitrogen and oxygen atoms in total. The van der Waals surface area contributed by atoms with E-state index in [9.17, 15) is 4.79 Å². The summed E-state index contributed by atoms with van der Waals surface area (Å²) in [6.07, 6.45) is 3.38. The number of aromatic nitrogens is 2. The molecule has 1 N–H and O–H groups in total. The van der Waals surface area contributed by atoms with Gasteiger partial charge in [0.2, 0.25) is 11.8 Å². The zero-order valence-electron chi connectivity index (χ0n) is 13.6. The summed E-state index contributed by atoms with van der Waals surface area (Å²) in [5.41, 5.74) is 1.87. The van der Waals surface area contributed by atoms with Gasteiger partial charge in [-0.2, -0.15) is 4.98 Å².